The SMILES string of the molecule is O=C(c1ccc(NS(=O)(=O)c2cc(Br)ccc2Br)cc1)N1CCOC(c2ccc(Cl)cc2)C1. The van der Waals surface area contributed by atoms with E-state index in [2.05, 4.69) is 36.6 Å². The van der Waals surface area contributed by atoms with Crippen LogP contribution in [0.3, 0.4) is 0 Å². The average Bonchev–Trinajstić information content (AvgIpc) is 2.81. The number of halogens is 3. The molecular formula is C23H19Br2ClN2O4S. The van der Waals surface area contributed by atoms with E-state index in [-0.39, 0.29) is 16.9 Å². The van der Waals surface area contributed by atoms with Gasteiger partial charge >= 0.3 is 0 Å². The Balaban J connectivity index is 1.46. The van der Waals surface area contributed by atoms with Crippen LogP contribution in [0, 0.1) is 0 Å². The maximum absolute atomic E-state index is 13.0. The van der Waals surface area contributed by atoms with Crippen molar-refractivity contribution >= 4 is 65.1 Å². The lowest BCUT2D eigenvalue weighted by Crippen LogP contribution is -2.42. The van der Waals surface area contributed by atoms with Gasteiger partial charge in [0.15, 0.2) is 0 Å². The van der Waals surface area contributed by atoms with Crippen molar-refractivity contribution < 1.29 is 17.9 Å². The topological polar surface area (TPSA) is 75.7 Å². The molecule has 6 nitrogen and oxygen atoms in total. The van der Waals surface area contributed by atoms with Gasteiger partial charge in [0.05, 0.1) is 13.2 Å². The summed E-state index contributed by atoms with van der Waals surface area (Å²) in [5.74, 6) is -0.138. The van der Waals surface area contributed by atoms with Gasteiger partial charge in [-0.15, -0.1) is 0 Å². The standard InChI is InChI=1S/C23H19Br2ClN2O4S/c24-17-5-10-20(25)22(13-17)33(30,31)27-19-8-3-16(4-9-19)23(29)28-11-12-32-21(14-28)15-1-6-18(26)7-2-15/h1-10,13,21,27H,11-12,14H2. The van der Waals surface area contributed by atoms with Gasteiger partial charge in [-0.3, -0.25) is 9.52 Å². The zero-order valence-electron chi connectivity index (χ0n) is 17.2. The van der Waals surface area contributed by atoms with E-state index in [4.69, 9.17) is 16.3 Å². The smallest absolute Gasteiger partial charge is 0.263 e. The number of nitrogens with zero attached hydrogens (tertiary/aromatic N) is 1. The summed E-state index contributed by atoms with van der Waals surface area (Å²) >= 11 is 12.5. The van der Waals surface area contributed by atoms with Crippen LogP contribution in [-0.2, 0) is 14.8 Å². The lowest BCUT2D eigenvalue weighted by molar-refractivity contribution is -0.0228. The Morgan fingerprint density at radius 1 is 1.03 bits per heavy atom. The van der Waals surface area contributed by atoms with Gasteiger partial charge in [-0.1, -0.05) is 39.7 Å². The number of anilines is 1. The third kappa shape index (κ3) is 5.78. The van der Waals surface area contributed by atoms with Crippen molar-refractivity contribution in [3.05, 3.63) is 91.8 Å². The van der Waals surface area contributed by atoms with Crippen molar-refractivity contribution in [2.24, 2.45) is 0 Å². The highest BCUT2D eigenvalue weighted by Crippen LogP contribution is 2.28. The molecule has 10 heteroatoms. The van der Waals surface area contributed by atoms with Gasteiger partial charge < -0.3 is 9.64 Å². The number of morpholine rings is 1. The fraction of sp³-hybridized carbons (Fsp3) is 0.174. The Morgan fingerprint density at radius 3 is 2.42 bits per heavy atom. The molecule has 0 aliphatic carbocycles. The molecule has 3 aromatic carbocycles. The summed E-state index contributed by atoms with van der Waals surface area (Å²) in [5, 5.41) is 0.644. The molecule has 1 unspecified atom stereocenters. The van der Waals surface area contributed by atoms with Crippen LogP contribution < -0.4 is 4.72 Å². The maximum atomic E-state index is 13.0. The Labute approximate surface area is 214 Å². The van der Waals surface area contributed by atoms with Crippen LogP contribution in [-0.4, -0.2) is 38.9 Å². The van der Waals surface area contributed by atoms with Gasteiger partial charge in [-0.25, -0.2) is 8.42 Å². The Bertz CT molecular complexity index is 1270. The van der Waals surface area contributed by atoms with Crippen LogP contribution in [0.4, 0.5) is 5.69 Å². The first kappa shape index (κ1) is 24.2. The minimum absolute atomic E-state index is 0.110. The summed E-state index contributed by atoms with van der Waals surface area (Å²) in [5.41, 5.74) is 1.79. The van der Waals surface area contributed by atoms with Crippen molar-refractivity contribution in [3.63, 3.8) is 0 Å². The van der Waals surface area contributed by atoms with E-state index < -0.39 is 10.0 Å². The highest BCUT2D eigenvalue weighted by atomic mass is 79.9. The molecule has 0 saturated carbocycles. The van der Waals surface area contributed by atoms with Crippen LogP contribution >= 0.6 is 43.5 Å². The number of ether oxygens (including phenoxy) is 1. The van der Waals surface area contributed by atoms with Crippen molar-refractivity contribution in [1.82, 2.24) is 4.90 Å². The third-order valence-corrected chi connectivity index (χ3v) is 8.28. The van der Waals surface area contributed by atoms with Crippen molar-refractivity contribution in [3.8, 4) is 0 Å². The number of hydrogen-bond acceptors (Lipinski definition) is 4. The number of sulfonamides is 1. The summed E-state index contributed by atoms with van der Waals surface area (Å²) in [4.78, 5) is 14.9. The Kier molecular flexibility index (Phi) is 7.45. The monoisotopic (exact) mass is 612 g/mol. The number of carbonyl (C=O) groups is 1. The van der Waals surface area contributed by atoms with E-state index in [1.54, 1.807) is 53.4 Å². The molecule has 1 fully saturated rings. The highest BCUT2D eigenvalue weighted by Gasteiger charge is 2.26. The largest absolute Gasteiger partial charge is 0.370 e. The molecule has 1 aliphatic rings. The zero-order chi connectivity index (χ0) is 23.6. The molecule has 1 N–H and O–H groups in total. The maximum Gasteiger partial charge on any atom is 0.263 e. The van der Waals surface area contributed by atoms with E-state index in [0.29, 0.717) is 44.9 Å². The Morgan fingerprint density at radius 2 is 1.73 bits per heavy atom. The molecule has 0 spiro atoms. The first-order chi connectivity index (χ1) is 15.7. The van der Waals surface area contributed by atoms with E-state index in [0.717, 1.165) is 5.56 Å². The van der Waals surface area contributed by atoms with Gasteiger partial charge in [0.25, 0.3) is 15.9 Å². The normalized spacial score (nSPS) is 16.5. The molecule has 1 heterocycles. The number of hydrogen-bond donors (Lipinski definition) is 1. The van der Waals surface area contributed by atoms with Crippen LogP contribution in [0.25, 0.3) is 0 Å². The van der Waals surface area contributed by atoms with E-state index in [9.17, 15) is 13.2 Å². The molecule has 1 saturated heterocycles. The van der Waals surface area contributed by atoms with Crippen LogP contribution in [0.2, 0.25) is 5.02 Å². The summed E-state index contributed by atoms with van der Waals surface area (Å²) in [6, 6.07) is 18.7. The molecular weight excluding hydrogens is 596 g/mol. The minimum Gasteiger partial charge on any atom is -0.370 e. The molecule has 4 rings (SSSR count). The van der Waals surface area contributed by atoms with Crippen LogP contribution in [0.1, 0.15) is 22.0 Å². The van der Waals surface area contributed by atoms with Crippen molar-refractivity contribution in [1.29, 1.82) is 0 Å². The molecule has 0 bridgehead atoms. The van der Waals surface area contributed by atoms with Crippen LogP contribution in [0.15, 0.2) is 80.6 Å². The second-order valence-electron chi connectivity index (χ2n) is 7.42. The van der Waals surface area contributed by atoms with E-state index >= 15 is 0 Å². The molecule has 3 aromatic rings. The molecule has 0 aromatic heterocycles. The predicted octanol–water partition coefficient (Wildman–Crippen LogP) is 5.88. The second-order valence-corrected chi connectivity index (χ2v) is 11.3. The Hall–Kier alpha value is -1.91. The highest BCUT2D eigenvalue weighted by molar-refractivity contribution is 9.11. The molecule has 1 aliphatic heterocycles. The van der Waals surface area contributed by atoms with Crippen molar-refractivity contribution in [2.45, 2.75) is 11.0 Å². The molecule has 33 heavy (non-hydrogen) atoms. The number of carbonyl (C=O) groups excluding carboxylic acids is 1. The number of nitrogens with one attached hydrogen (secondary N) is 1. The fourth-order valence-electron chi connectivity index (χ4n) is 3.47. The number of rotatable bonds is 5. The summed E-state index contributed by atoms with van der Waals surface area (Å²) < 4.78 is 35.0. The van der Waals surface area contributed by atoms with Gasteiger partial charge in [0, 0.05) is 31.8 Å². The number of amides is 1. The first-order valence-electron chi connectivity index (χ1n) is 9.97. The van der Waals surface area contributed by atoms with Gasteiger partial charge in [-0.05, 0) is 76.1 Å². The summed E-state index contributed by atoms with van der Waals surface area (Å²) in [6.45, 7) is 1.33. The van der Waals surface area contributed by atoms with E-state index in [1.165, 1.54) is 6.07 Å². The first-order valence-corrected chi connectivity index (χ1v) is 13.4. The van der Waals surface area contributed by atoms with Gasteiger partial charge in [0.2, 0.25) is 0 Å². The quantitative estimate of drug-likeness (QED) is 0.390. The third-order valence-electron chi connectivity index (χ3n) is 5.16. The molecule has 1 atom stereocenters. The predicted molar refractivity (Wildman–Crippen MR) is 135 cm³/mol. The zero-order valence-corrected chi connectivity index (χ0v) is 21.9. The lowest BCUT2D eigenvalue weighted by Gasteiger charge is -2.33. The van der Waals surface area contributed by atoms with Gasteiger partial charge in [0.1, 0.15) is 11.0 Å². The number of benzene rings is 3. The molecule has 172 valence electrons. The second kappa shape index (κ2) is 10.1. The van der Waals surface area contributed by atoms with E-state index in [1.807, 2.05) is 12.1 Å². The average molecular weight is 615 g/mol. The van der Waals surface area contributed by atoms with Crippen molar-refractivity contribution in [2.75, 3.05) is 24.4 Å². The summed E-state index contributed by atoms with van der Waals surface area (Å²) in [7, 11) is -3.81. The minimum atomic E-state index is -3.81. The van der Waals surface area contributed by atoms with Crippen LogP contribution in [0.5, 0.6) is 0 Å². The summed E-state index contributed by atoms with van der Waals surface area (Å²) in [6.07, 6.45) is -0.227. The lowest BCUT2D eigenvalue weighted by atomic mass is 10.1. The molecule has 0 radical (unpaired) electrons. The fourth-order valence-corrected chi connectivity index (χ4v) is 6.16. The van der Waals surface area contributed by atoms with Gasteiger partial charge in [-0.2, -0.15) is 0 Å². The molecule has 1 amide bonds.